The summed E-state index contributed by atoms with van der Waals surface area (Å²) in [6, 6.07) is 5.00. The second-order valence-corrected chi connectivity index (χ2v) is 6.60. The molecule has 3 atom stereocenters. The third-order valence-electron chi connectivity index (χ3n) is 4.25. The van der Waals surface area contributed by atoms with Gasteiger partial charge in [0.15, 0.2) is 6.10 Å². The Morgan fingerprint density at radius 1 is 1.32 bits per heavy atom. The first kappa shape index (κ1) is 17.7. The molecule has 1 unspecified atom stereocenters. The number of ether oxygens (including phenoxy) is 1. The lowest BCUT2D eigenvalue weighted by Crippen LogP contribution is -2.40. The van der Waals surface area contributed by atoms with E-state index < -0.39 is 6.10 Å². The number of amides is 1. The fraction of sp³-hybridized carbons (Fsp3) is 0.533. The van der Waals surface area contributed by atoms with Gasteiger partial charge in [-0.3, -0.25) is 4.79 Å². The molecular formula is C15H19Cl3N2O2. The molecule has 2 saturated heterocycles. The normalized spacial score (nSPS) is 24.6. The van der Waals surface area contributed by atoms with Gasteiger partial charge in [0.2, 0.25) is 0 Å². The van der Waals surface area contributed by atoms with Crippen LogP contribution in [0.5, 0.6) is 5.75 Å². The maximum absolute atomic E-state index is 12.5. The minimum Gasteiger partial charge on any atom is -0.479 e. The average molecular weight is 366 g/mol. The second kappa shape index (κ2) is 7.26. The van der Waals surface area contributed by atoms with E-state index in [-0.39, 0.29) is 18.3 Å². The molecule has 0 bridgehead atoms. The van der Waals surface area contributed by atoms with Crippen molar-refractivity contribution in [3.05, 3.63) is 28.2 Å². The molecule has 0 aliphatic carbocycles. The second-order valence-electron chi connectivity index (χ2n) is 5.76. The van der Waals surface area contributed by atoms with Crippen LogP contribution in [0.1, 0.15) is 6.92 Å². The first-order chi connectivity index (χ1) is 10.0. The first-order valence-electron chi connectivity index (χ1n) is 7.16. The highest BCUT2D eigenvalue weighted by Gasteiger charge is 2.39. The van der Waals surface area contributed by atoms with E-state index in [1.54, 1.807) is 25.1 Å². The summed E-state index contributed by atoms with van der Waals surface area (Å²) in [7, 11) is 0. The molecule has 0 radical (unpaired) electrons. The fourth-order valence-corrected chi connectivity index (χ4v) is 3.56. The van der Waals surface area contributed by atoms with Gasteiger partial charge in [-0.2, -0.15) is 0 Å². The maximum Gasteiger partial charge on any atom is 0.263 e. The topological polar surface area (TPSA) is 41.6 Å². The van der Waals surface area contributed by atoms with Gasteiger partial charge in [0, 0.05) is 31.2 Å². The van der Waals surface area contributed by atoms with Gasteiger partial charge in [-0.15, -0.1) is 12.4 Å². The van der Waals surface area contributed by atoms with E-state index in [9.17, 15) is 4.79 Å². The molecule has 2 fully saturated rings. The molecule has 122 valence electrons. The smallest absolute Gasteiger partial charge is 0.263 e. The van der Waals surface area contributed by atoms with Crippen LogP contribution in [0.25, 0.3) is 0 Å². The van der Waals surface area contributed by atoms with E-state index in [0.29, 0.717) is 27.6 Å². The van der Waals surface area contributed by atoms with E-state index >= 15 is 0 Å². The number of nitrogens with one attached hydrogen (secondary N) is 1. The minimum absolute atomic E-state index is 0. The lowest BCUT2D eigenvalue weighted by molar-refractivity contribution is -0.137. The predicted molar refractivity (Wildman–Crippen MR) is 90.2 cm³/mol. The van der Waals surface area contributed by atoms with Crippen molar-refractivity contribution in [3.63, 3.8) is 0 Å². The van der Waals surface area contributed by atoms with Gasteiger partial charge >= 0.3 is 0 Å². The van der Waals surface area contributed by atoms with Crippen LogP contribution in [0.15, 0.2) is 18.2 Å². The summed E-state index contributed by atoms with van der Waals surface area (Å²) >= 11 is 11.9. The summed E-state index contributed by atoms with van der Waals surface area (Å²) in [5.41, 5.74) is 0. The van der Waals surface area contributed by atoms with Gasteiger partial charge in [-0.1, -0.05) is 23.2 Å². The molecule has 1 N–H and O–H groups in total. The van der Waals surface area contributed by atoms with Gasteiger partial charge in [-0.25, -0.2) is 0 Å². The summed E-state index contributed by atoms with van der Waals surface area (Å²) in [5.74, 6) is 1.68. The number of likely N-dealkylation sites (tertiary alicyclic amines) is 1. The van der Waals surface area contributed by atoms with Crippen molar-refractivity contribution in [1.82, 2.24) is 10.2 Å². The molecule has 1 aromatic rings. The van der Waals surface area contributed by atoms with Crippen molar-refractivity contribution in [3.8, 4) is 5.75 Å². The van der Waals surface area contributed by atoms with E-state index in [4.69, 9.17) is 27.9 Å². The Bertz CT molecular complexity index is 544. The van der Waals surface area contributed by atoms with Crippen LogP contribution in [0, 0.1) is 11.8 Å². The summed E-state index contributed by atoms with van der Waals surface area (Å²) in [6.45, 7) is 5.41. The Balaban J connectivity index is 0.00000176. The van der Waals surface area contributed by atoms with Crippen molar-refractivity contribution < 1.29 is 9.53 Å². The van der Waals surface area contributed by atoms with E-state index in [2.05, 4.69) is 5.32 Å². The number of fused-ring (bicyclic) bond motifs is 1. The highest BCUT2D eigenvalue weighted by Crippen LogP contribution is 2.30. The van der Waals surface area contributed by atoms with Crippen LogP contribution in [-0.4, -0.2) is 43.1 Å². The Kier molecular flexibility index (Phi) is 5.83. The van der Waals surface area contributed by atoms with Crippen LogP contribution < -0.4 is 10.1 Å². The van der Waals surface area contributed by atoms with Crippen molar-refractivity contribution in [2.75, 3.05) is 26.2 Å². The number of hydrogen-bond donors (Lipinski definition) is 1. The number of halogens is 3. The zero-order valence-electron chi connectivity index (χ0n) is 12.2. The maximum atomic E-state index is 12.5. The zero-order valence-corrected chi connectivity index (χ0v) is 14.5. The minimum atomic E-state index is -0.546. The monoisotopic (exact) mass is 364 g/mol. The number of hydrogen-bond acceptors (Lipinski definition) is 3. The molecule has 2 heterocycles. The number of rotatable bonds is 3. The molecule has 0 saturated carbocycles. The largest absolute Gasteiger partial charge is 0.479 e. The number of carbonyl (C=O) groups excluding carboxylic acids is 1. The molecule has 2 aliphatic heterocycles. The van der Waals surface area contributed by atoms with E-state index in [0.717, 1.165) is 26.2 Å². The first-order valence-corrected chi connectivity index (χ1v) is 7.91. The summed E-state index contributed by atoms with van der Waals surface area (Å²) in [4.78, 5) is 14.4. The van der Waals surface area contributed by atoms with Gasteiger partial charge in [0.25, 0.3) is 5.91 Å². The number of nitrogens with zero attached hydrogens (tertiary/aromatic N) is 1. The number of benzene rings is 1. The Morgan fingerprint density at radius 3 is 2.55 bits per heavy atom. The van der Waals surface area contributed by atoms with Crippen LogP contribution >= 0.6 is 35.6 Å². The molecule has 4 nitrogen and oxygen atoms in total. The molecule has 1 aromatic carbocycles. The van der Waals surface area contributed by atoms with Gasteiger partial charge in [0.1, 0.15) is 5.75 Å². The Morgan fingerprint density at radius 2 is 1.95 bits per heavy atom. The summed E-state index contributed by atoms with van der Waals surface area (Å²) < 4.78 is 5.70. The predicted octanol–water partition coefficient (Wildman–Crippen LogP) is 2.86. The highest BCUT2D eigenvalue weighted by molar-refractivity contribution is 6.35. The SMILES string of the molecule is CC(Oc1ccc(Cl)cc1Cl)C(=O)N1C[C@H]2CNC[C@H]2C1.Cl. The third-order valence-corrected chi connectivity index (χ3v) is 4.78. The van der Waals surface area contributed by atoms with Crippen LogP contribution in [-0.2, 0) is 4.79 Å². The highest BCUT2D eigenvalue weighted by atomic mass is 35.5. The van der Waals surface area contributed by atoms with Crippen LogP contribution in [0.3, 0.4) is 0 Å². The van der Waals surface area contributed by atoms with Crippen LogP contribution in [0.2, 0.25) is 10.0 Å². The lowest BCUT2D eigenvalue weighted by atomic mass is 10.0. The van der Waals surface area contributed by atoms with Crippen molar-refractivity contribution in [2.45, 2.75) is 13.0 Å². The number of carbonyl (C=O) groups is 1. The molecule has 7 heteroatoms. The lowest BCUT2D eigenvalue weighted by Gasteiger charge is -2.23. The molecular weight excluding hydrogens is 347 g/mol. The van der Waals surface area contributed by atoms with E-state index in [1.165, 1.54) is 0 Å². The van der Waals surface area contributed by atoms with Crippen molar-refractivity contribution >= 4 is 41.5 Å². The molecule has 22 heavy (non-hydrogen) atoms. The molecule has 3 rings (SSSR count). The Labute approximate surface area is 146 Å². The third kappa shape index (κ3) is 3.62. The molecule has 2 aliphatic rings. The standard InChI is InChI=1S/C15H18Cl2N2O2.ClH/c1-9(21-14-3-2-12(16)4-13(14)17)15(20)19-7-10-5-18-6-11(10)8-19;/h2-4,9-11,18H,5-8H2,1H3;1H/t9?,10-,11+;. The van der Waals surface area contributed by atoms with Crippen LogP contribution in [0.4, 0.5) is 0 Å². The quantitative estimate of drug-likeness (QED) is 0.895. The summed E-state index contributed by atoms with van der Waals surface area (Å²) in [5, 5.41) is 4.33. The zero-order chi connectivity index (χ0) is 15.0. The van der Waals surface area contributed by atoms with Gasteiger partial charge in [-0.05, 0) is 37.0 Å². The molecule has 0 spiro atoms. The fourth-order valence-electron chi connectivity index (χ4n) is 3.10. The molecule has 1 amide bonds. The Hall–Kier alpha value is -0.680. The molecule has 0 aromatic heterocycles. The summed E-state index contributed by atoms with van der Waals surface area (Å²) in [6.07, 6.45) is -0.546. The average Bonchev–Trinajstić information content (AvgIpc) is 3.01. The van der Waals surface area contributed by atoms with Gasteiger partial charge in [0.05, 0.1) is 5.02 Å². The van der Waals surface area contributed by atoms with Crippen molar-refractivity contribution in [2.24, 2.45) is 11.8 Å². The van der Waals surface area contributed by atoms with Gasteiger partial charge < -0.3 is 15.0 Å². The van der Waals surface area contributed by atoms with Crippen molar-refractivity contribution in [1.29, 1.82) is 0 Å². The van der Waals surface area contributed by atoms with E-state index in [1.807, 2.05) is 4.90 Å².